The van der Waals surface area contributed by atoms with Crippen molar-refractivity contribution in [3.05, 3.63) is 60.4 Å². The van der Waals surface area contributed by atoms with Crippen LogP contribution >= 0.6 is 0 Å². The van der Waals surface area contributed by atoms with E-state index < -0.39 is 5.97 Å². The number of carboxylic acid groups (broad SMARTS) is 1. The molecule has 2 heterocycles. The monoisotopic (exact) mass is 361 g/mol. The number of nitrogens with zero attached hydrogens (tertiary/aromatic N) is 3. The van der Waals surface area contributed by atoms with E-state index in [9.17, 15) is 4.79 Å². The van der Waals surface area contributed by atoms with E-state index in [1.165, 1.54) is 18.5 Å². The summed E-state index contributed by atoms with van der Waals surface area (Å²) in [5.74, 6) is -0.120. The van der Waals surface area contributed by atoms with Crippen molar-refractivity contribution in [3.63, 3.8) is 0 Å². The van der Waals surface area contributed by atoms with Crippen molar-refractivity contribution in [2.45, 2.75) is 0 Å². The van der Waals surface area contributed by atoms with Crippen LogP contribution in [0.25, 0.3) is 11.2 Å². The largest absolute Gasteiger partial charge is 0.478 e. The first-order chi connectivity index (χ1) is 13.1. The van der Waals surface area contributed by atoms with Gasteiger partial charge in [-0.2, -0.15) is 9.97 Å². The molecule has 0 aliphatic carbocycles. The van der Waals surface area contributed by atoms with Crippen LogP contribution in [0.4, 0.5) is 28.8 Å². The summed E-state index contributed by atoms with van der Waals surface area (Å²) in [4.78, 5) is 27.0. The number of hydrogen-bond acceptors (Lipinski definition) is 7. The van der Waals surface area contributed by atoms with Crippen LogP contribution in [-0.4, -0.2) is 31.0 Å². The van der Waals surface area contributed by atoms with E-state index in [0.717, 1.165) is 5.69 Å². The fourth-order valence-corrected chi connectivity index (χ4v) is 2.56. The van der Waals surface area contributed by atoms with Crippen LogP contribution in [0.2, 0.25) is 0 Å². The average Bonchev–Trinajstić information content (AvgIpc) is 3.11. The lowest BCUT2D eigenvalue weighted by molar-refractivity contribution is 0.0697. The third kappa shape index (κ3) is 3.47. The first kappa shape index (κ1) is 16.3. The minimum Gasteiger partial charge on any atom is -0.478 e. The van der Waals surface area contributed by atoms with Crippen LogP contribution in [-0.2, 0) is 0 Å². The molecule has 0 unspecified atom stereocenters. The van der Waals surface area contributed by atoms with Crippen molar-refractivity contribution in [3.8, 4) is 0 Å². The molecule has 0 atom stereocenters. The maximum atomic E-state index is 11.0. The van der Waals surface area contributed by atoms with Gasteiger partial charge in [0.1, 0.15) is 5.52 Å². The number of nitrogens with two attached hydrogens (primary N) is 1. The molecular formula is C18H15N7O2. The Bertz CT molecular complexity index is 1120. The van der Waals surface area contributed by atoms with Gasteiger partial charge in [-0.1, -0.05) is 6.07 Å². The lowest BCUT2D eigenvalue weighted by Gasteiger charge is -2.10. The van der Waals surface area contributed by atoms with E-state index in [2.05, 4.69) is 30.6 Å². The van der Waals surface area contributed by atoms with Crippen LogP contribution < -0.4 is 16.4 Å². The summed E-state index contributed by atoms with van der Waals surface area (Å²) >= 11 is 0. The molecule has 0 amide bonds. The highest BCUT2D eigenvalue weighted by Crippen LogP contribution is 2.25. The van der Waals surface area contributed by atoms with Gasteiger partial charge in [-0.3, -0.25) is 0 Å². The number of aromatic carboxylic acids is 1. The Labute approximate surface area is 153 Å². The number of hydrogen-bond donors (Lipinski definition) is 5. The predicted octanol–water partition coefficient (Wildman–Crippen LogP) is 3.12. The Hall–Kier alpha value is -4.14. The number of imidazole rings is 1. The van der Waals surface area contributed by atoms with Gasteiger partial charge in [0.05, 0.1) is 11.9 Å². The number of fused-ring (bicyclic) bond motifs is 1. The Kier molecular flexibility index (Phi) is 4.01. The molecule has 0 bridgehead atoms. The number of nitrogen functional groups attached to an aromatic ring is 1. The maximum Gasteiger partial charge on any atom is 0.335 e. The fourth-order valence-electron chi connectivity index (χ4n) is 2.56. The summed E-state index contributed by atoms with van der Waals surface area (Å²) in [5.41, 5.74) is 9.19. The Balaban J connectivity index is 1.67. The molecule has 0 aliphatic heterocycles. The summed E-state index contributed by atoms with van der Waals surface area (Å²) in [6, 6.07) is 13.6. The first-order valence-corrected chi connectivity index (χ1v) is 8.02. The maximum absolute atomic E-state index is 11.0. The molecule has 134 valence electrons. The lowest BCUT2D eigenvalue weighted by atomic mass is 10.2. The molecule has 9 nitrogen and oxygen atoms in total. The molecule has 2 aromatic heterocycles. The summed E-state index contributed by atoms with van der Waals surface area (Å²) < 4.78 is 0. The van der Waals surface area contributed by atoms with Crippen molar-refractivity contribution in [2.24, 2.45) is 0 Å². The van der Waals surface area contributed by atoms with Crippen LogP contribution in [0.15, 0.2) is 54.9 Å². The van der Waals surface area contributed by atoms with E-state index in [1.54, 1.807) is 24.3 Å². The molecular weight excluding hydrogens is 346 g/mol. The molecule has 4 rings (SSSR count). The predicted molar refractivity (Wildman–Crippen MR) is 103 cm³/mol. The second-order valence-electron chi connectivity index (χ2n) is 5.75. The number of aromatic amines is 1. The normalized spacial score (nSPS) is 10.7. The summed E-state index contributed by atoms with van der Waals surface area (Å²) in [5, 5.41) is 15.3. The minimum absolute atomic E-state index is 0.207. The number of H-pyrrole nitrogens is 1. The molecule has 9 heteroatoms. The van der Waals surface area contributed by atoms with Gasteiger partial charge in [-0.05, 0) is 42.5 Å². The van der Waals surface area contributed by atoms with E-state index in [4.69, 9.17) is 10.8 Å². The van der Waals surface area contributed by atoms with Gasteiger partial charge in [0, 0.05) is 17.1 Å². The smallest absolute Gasteiger partial charge is 0.335 e. The highest BCUT2D eigenvalue weighted by atomic mass is 16.4. The standard InChI is InChI=1S/C18H15N7O2/c19-11-2-1-3-13(8-11)23-18-24-15-14(20-9-21-15)16(25-18)22-12-6-4-10(5-7-12)17(26)27/h1-9H,19H2,(H,26,27)(H3,20,21,22,23,24,25). The second-order valence-corrected chi connectivity index (χ2v) is 5.75. The number of rotatable bonds is 5. The van der Waals surface area contributed by atoms with Gasteiger partial charge >= 0.3 is 5.97 Å². The van der Waals surface area contributed by atoms with E-state index >= 15 is 0 Å². The molecule has 27 heavy (non-hydrogen) atoms. The molecule has 0 fully saturated rings. The van der Waals surface area contributed by atoms with Gasteiger partial charge in [-0.15, -0.1) is 0 Å². The van der Waals surface area contributed by atoms with Crippen molar-refractivity contribution < 1.29 is 9.90 Å². The van der Waals surface area contributed by atoms with Gasteiger partial charge < -0.3 is 26.5 Å². The number of carbonyl (C=O) groups is 1. The number of nitrogens with one attached hydrogen (secondary N) is 3. The van der Waals surface area contributed by atoms with Crippen LogP contribution in [0.1, 0.15) is 10.4 Å². The zero-order chi connectivity index (χ0) is 18.8. The minimum atomic E-state index is -0.979. The van der Waals surface area contributed by atoms with Gasteiger partial charge in [0.25, 0.3) is 0 Å². The van der Waals surface area contributed by atoms with Gasteiger partial charge in [-0.25, -0.2) is 9.78 Å². The average molecular weight is 361 g/mol. The number of anilines is 5. The number of carboxylic acids is 1. The zero-order valence-electron chi connectivity index (χ0n) is 14.0. The van der Waals surface area contributed by atoms with Gasteiger partial charge in [0.2, 0.25) is 5.95 Å². The van der Waals surface area contributed by atoms with E-state index in [0.29, 0.717) is 34.3 Å². The molecule has 4 aromatic rings. The quantitative estimate of drug-likeness (QED) is 0.341. The second kappa shape index (κ2) is 6.64. The molecule has 0 saturated heterocycles. The molecule has 6 N–H and O–H groups in total. The number of aromatic nitrogens is 4. The van der Waals surface area contributed by atoms with Crippen LogP contribution in [0.5, 0.6) is 0 Å². The first-order valence-electron chi connectivity index (χ1n) is 8.02. The van der Waals surface area contributed by atoms with Crippen molar-refractivity contribution in [2.75, 3.05) is 16.4 Å². The zero-order valence-corrected chi connectivity index (χ0v) is 14.0. The SMILES string of the molecule is Nc1cccc(Nc2nc(Nc3ccc(C(=O)O)cc3)c3[nH]cnc3n2)c1. The molecule has 0 radical (unpaired) electrons. The topological polar surface area (TPSA) is 142 Å². The molecule has 0 aliphatic rings. The molecule has 2 aromatic carbocycles. The number of benzene rings is 2. The van der Waals surface area contributed by atoms with Crippen molar-refractivity contribution in [1.29, 1.82) is 0 Å². The Morgan fingerprint density at radius 2 is 1.85 bits per heavy atom. The highest BCUT2D eigenvalue weighted by Gasteiger charge is 2.11. The fraction of sp³-hybridized carbons (Fsp3) is 0. The van der Waals surface area contributed by atoms with Crippen LogP contribution in [0.3, 0.4) is 0 Å². The van der Waals surface area contributed by atoms with Crippen molar-refractivity contribution >= 4 is 46.0 Å². The summed E-state index contributed by atoms with van der Waals surface area (Å²) in [6.07, 6.45) is 1.53. The Morgan fingerprint density at radius 1 is 1.04 bits per heavy atom. The Morgan fingerprint density at radius 3 is 2.59 bits per heavy atom. The molecule has 0 spiro atoms. The van der Waals surface area contributed by atoms with Gasteiger partial charge in [0.15, 0.2) is 11.5 Å². The van der Waals surface area contributed by atoms with Crippen LogP contribution in [0, 0.1) is 0 Å². The van der Waals surface area contributed by atoms with E-state index in [-0.39, 0.29) is 5.56 Å². The third-order valence-corrected chi connectivity index (χ3v) is 3.82. The highest BCUT2D eigenvalue weighted by molar-refractivity contribution is 5.89. The van der Waals surface area contributed by atoms with E-state index in [1.807, 2.05) is 12.1 Å². The summed E-state index contributed by atoms with van der Waals surface area (Å²) in [7, 11) is 0. The molecule has 0 saturated carbocycles. The lowest BCUT2D eigenvalue weighted by Crippen LogP contribution is -2.03. The third-order valence-electron chi connectivity index (χ3n) is 3.82. The van der Waals surface area contributed by atoms with Crippen molar-refractivity contribution in [1.82, 2.24) is 19.9 Å². The summed E-state index contributed by atoms with van der Waals surface area (Å²) in [6.45, 7) is 0.